The summed E-state index contributed by atoms with van der Waals surface area (Å²) in [4.78, 5) is 1.42. The molecular formula is C15H14O2S. The number of ether oxygens (including phenoxy) is 1. The van der Waals surface area contributed by atoms with E-state index in [2.05, 4.69) is 0 Å². The second-order valence-electron chi connectivity index (χ2n) is 4.29. The Hall–Kier alpha value is -1.45. The van der Waals surface area contributed by atoms with Crippen LogP contribution in [-0.4, -0.2) is 10.8 Å². The lowest BCUT2D eigenvalue weighted by Gasteiger charge is -2.07. The van der Waals surface area contributed by atoms with Crippen molar-refractivity contribution in [3.63, 3.8) is 0 Å². The molecule has 0 saturated carbocycles. The lowest BCUT2D eigenvalue weighted by molar-refractivity contribution is 0.413. The lowest BCUT2D eigenvalue weighted by atomic mass is 10.2. The highest BCUT2D eigenvalue weighted by Crippen LogP contribution is 2.34. The van der Waals surface area contributed by atoms with Gasteiger partial charge in [0.2, 0.25) is 0 Å². The largest absolute Gasteiger partial charge is 0.368 e. The second kappa shape index (κ2) is 4.67. The predicted molar refractivity (Wildman–Crippen MR) is 71.0 cm³/mol. The van der Waals surface area contributed by atoms with Crippen molar-refractivity contribution in [2.24, 2.45) is 0 Å². The van der Waals surface area contributed by atoms with Crippen molar-refractivity contribution in [3.8, 4) is 0 Å². The maximum atomic E-state index is 12.6. The SMILES string of the molecule is [2H][C@@]1(c2ccccc2S(=O)c2ccc(C)cc2)CO1. The average molecular weight is 259 g/mol. The number of hydrogen-bond acceptors (Lipinski definition) is 2. The predicted octanol–water partition coefficient (Wildman–Crippen LogP) is 3.23. The first-order valence-corrected chi connectivity index (χ1v) is 6.97. The van der Waals surface area contributed by atoms with Gasteiger partial charge in [0.15, 0.2) is 0 Å². The van der Waals surface area contributed by atoms with Gasteiger partial charge in [-0.1, -0.05) is 35.9 Å². The molecule has 1 unspecified atom stereocenters. The summed E-state index contributed by atoms with van der Waals surface area (Å²) in [6.07, 6.45) is -1.00. The molecule has 0 N–H and O–H groups in total. The fraction of sp³-hybridized carbons (Fsp3) is 0.200. The van der Waals surface area contributed by atoms with Crippen LogP contribution in [0, 0.1) is 6.92 Å². The minimum Gasteiger partial charge on any atom is -0.368 e. The van der Waals surface area contributed by atoms with Crippen LogP contribution in [0.25, 0.3) is 0 Å². The van der Waals surface area contributed by atoms with E-state index in [1.54, 1.807) is 0 Å². The first kappa shape index (κ1) is 10.5. The minimum absolute atomic E-state index is 0.370. The minimum atomic E-state index is -1.27. The van der Waals surface area contributed by atoms with Crippen molar-refractivity contribution in [1.29, 1.82) is 0 Å². The van der Waals surface area contributed by atoms with E-state index < -0.39 is 16.9 Å². The van der Waals surface area contributed by atoms with Crippen LogP contribution in [0.2, 0.25) is 0 Å². The molecule has 2 nitrogen and oxygen atoms in total. The third-order valence-electron chi connectivity index (χ3n) is 2.91. The summed E-state index contributed by atoms with van der Waals surface area (Å²) in [6, 6.07) is 14.9. The van der Waals surface area contributed by atoms with Gasteiger partial charge < -0.3 is 4.74 Å². The smallest absolute Gasteiger partial charge is 0.107 e. The quantitative estimate of drug-likeness (QED) is 0.792. The molecular weight excluding hydrogens is 244 g/mol. The molecule has 0 spiro atoms. The summed E-state index contributed by atoms with van der Waals surface area (Å²) in [5.74, 6) is 0. The molecule has 18 heavy (non-hydrogen) atoms. The number of epoxide rings is 1. The van der Waals surface area contributed by atoms with Gasteiger partial charge in [0.05, 0.1) is 18.8 Å². The van der Waals surface area contributed by atoms with Gasteiger partial charge in [-0.3, -0.25) is 0 Å². The Bertz CT molecular complexity index is 633. The molecule has 1 heterocycles. The van der Waals surface area contributed by atoms with Gasteiger partial charge in [-0.25, -0.2) is 4.21 Å². The van der Waals surface area contributed by atoms with Crippen LogP contribution in [0.1, 0.15) is 18.6 Å². The van der Waals surface area contributed by atoms with Gasteiger partial charge in [-0.2, -0.15) is 0 Å². The summed E-state index contributed by atoms with van der Waals surface area (Å²) in [7, 11) is -1.27. The summed E-state index contributed by atoms with van der Waals surface area (Å²) < 4.78 is 25.8. The Morgan fingerprint density at radius 1 is 1.22 bits per heavy atom. The molecule has 92 valence electrons. The van der Waals surface area contributed by atoms with Crippen molar-refractivity contribution >= 4 is 10.8 Å². The van der Waals surface area contributed by atoms with Gasteiger partial charge in [0, 0.05) is 9.79 Å². The monoisotopic (exact) mass is 259 g/mol. The van der Waals surface area contributed by atoms with Crippen LogP contribution in [0.3, 0.4) is 0 Å². The Morgan fingerprint density at radius 2 is 1.89 bits per heavy atom. The Balaban J connectivity index is 2.02. The zero-order valence-electron chi connectivity index (χ0n) is 11.1. The molecule has 0 aliphatic carbocycles. The van der Waals surface area contributed by atoms with Gasteiger partial charge in [-0.15, -0.1) is 0 Å². The fourth-order valence-corrected chi connectivity index (χ4v) is 3.06. The molecule has 3 heteroatoms. The molecule has 3 rings (SSSR count). The van der Waals surface area contributed by atoms with Gasteiger partial charge in [0.1, 0.15) is 6.08 Å². The van der Waals surface area contributed by atoms with Crippen LogP contribution >= 0.6 is 0 Å². The zero-order valence-corrected chi connectivity index (χ0v) is 10.9. The van der Waals surface area contributed by atoms with E-state index >= 15 is 0 Å². The summed E-state index contributed by atoms with van der Waals surface area (Å²) in [5, 5.41) is 0. The van der Waals surface area contributed by atoms with Crippen molar-refractivity contribution in [1.82, 2.24) is 0 Å². The maximum absolute atomic E-state index is 12.6. The molecule has 0 bridgehead atoms. The van der Waals surface area contributed by atoms with Crippen LogP contribution in [0.4, 0.5) is 0 Å². The molecule has 0 aromatic heterocycles. The van der Waals surface area contributed by atoms with E-state index in [0.29, 0.717) is 17.1 Å². The van der Waals surface area contributed by atoms with E-state index in [4.69, 9.17) is 6.11 Å². The Kier molecular flexibility index (Phi) is 2.72. The van der Waals surface area contributed by atoms with Crippen LogP contribution in [0.5, 0.6) is 0 Å². The number of rotatable bonds is 3. The highest BCUT2D eigenvalue weighted by atomic mass is 32.2. The molecule has 2 aromatic carbocycles. The molecule has 1 aliphatic heterocycles. The number of benzene rings is 2. The Morgan fingerprint density at radius 3 is 2.56 bits per heavy atom. The number of aryl methyl sites for hydroxylation is 1. The van der Waals surface area contributed by atoms with E-state index in [1.807, 2.05) is 55.5 Å². The normalized spacial score (nSPS) is 24.4. The van der Waals surface area contributed by atoms with Crippen molar-refractivity contribution in [3.05, 3.63) is 59.7 Å². The fourth-order valence-electron chi connectivity index (χ4n) is 1.84. The summed E-state index contributed by atoms with van der Waals surface area (Å²) >= 11 is 0. The molecule has 0 amide bonds. The molecule has 1 saturated heterocycles. The van der Waals surface area contributed by atoms with Gasteiger partial charge >= 0.3 is 0 Å². The standard InChI is InChI=1S/C15H14O2S/c1-11-6-8-12(9-7-11)18(16)15-5-3-2-4-13(15)14-10-17-14/h2-9,14H,10H2,1H3/t14-,18?/m0/s1/i14D. The third-order valence-corrected chi connectivity index (χ3v) is 4.37. The van der Waals surface area contributed by atoms with Crippen molar-refractivity contribution in [2.75, 3.05) is 6.61 Å². The Labute approximate surface area is 110 Å². The molecule has 1 fully saturated rings. The average Bonchev–Trinajstić information content (AvgIpc) is 3.18. The van der Waals surface area contributed by atoms with Crippen LogP contribution < -0.4 is 0 Å². The summed E-state index contributed by atoms with van der Waals surface area (Å²) in [5.41, 5.74) is 1.84. The lowest BCUT2D eigenvalue weighted by Crippen LogP contribution is -1.97. The molecule has 1 aliphatic rings. The highest BCUT2D eigenvalue weighted by Gasteiger charge is 2.28. The molecule has 2 atom stereocenters. The van der Waals surface area contributed by atoms with Gasteiger partial charge in [0.25, 0.3) is 0 Å². The zero-order chi connectivity index (χ0) is 13.5. The molecule has 2 aromatic rings. The maximum Gasteiger partial charge on any atom is 0.107 e. The van der Waals surface area contributed by atoms with Crippen molar-refractivity contribution < 1.29 is 10.3 Å². The van der Waals surface area contributed by atoms with E-state index in [0.717, 1.165) is 10.5 Å². The topological polar surface area (TPSA) is 29.6 Å². The second-order valence-corrected chi connectivity index (χ2v) is 5.74. The van der Waals surface area contributed by atoms with Crippen LogP contribution in [0.15, 0.2) is 58.3 Å². The first-order valence-electron chi connectivity index (χ1n) is 6.32. The summed E-state index contributed by atoms with van der Waals surface area (Å²) in [6.45, 7) is 2.37. The van der Waals surface area contributed by atoms with E-state index in [1.165, 1.54) is 0 Å². The highest BCUT2D eigenvalue weighted by molar-refractivity contribution is 7.85. The first-order chi connectivity index (χ1) is 9.10. The van der Waals surface area contributed by atoms with Crippen molar-refractivity contribution in [2.45, 2.75) is 22.8 Å². The van der Waals surface area contributed by atoms with Crippen LogP contribution in [-0.2, 0) is 15.5 Å². The third kappa shape index (κ3) is 2.24. The molecule has 0 radical (unpaired) electrons. The van der Waals surface area contributed by atoms with E-state index in [-0.39, 0.29) is 0 Å². The number of hydrogen-bond donors (Lipinski definition) is 0. The van der Waals surface area contributed by atoms with E-state index in [9.17, 15) is 4.21 Å². The van der Waals surface area contributed by atoms with Gasteiger partial charge in [-0.05, 0) is 30.7 Å².